The lowest BCUT2D eigenvalue weighted by Crippen LogP contribution is -2.42. The molecule has 3 aromatic heterocycles. The number of carboxylic acids is 1. The zero-order valence-corrected chi connectivity index (χ0v) is 61.0. The van der Waals surface area contributed by atoms with Gasteiger partial charge in [-0.25, -0.2) is 29.3 Å². The van der Waals surface area contributed by atoms with Gasteiger partial charge < -0.3 is 64.0 Å². The molecule has 3 aromatic carbocycles. The fraction of sp³-hybridized carbons (Fsp3) is 0.384. The Morgan fingerprint density at radius 1 is 0.545 bits per heavy atom. The molecule has 0 saturated carbocycles. The average Bonchev–Trinajstić information content (AvgIpc) is 1.70. The molecule has 101 heavy (non-hydrogen) atoms. The van der Waals surface area contributed by atoms with E-state index >= 15 is 0 Å². The minimum absolute atomic E-state index is 0.0199. The van der Waals surface area contributed by atoms with Crippen LogP contribution in [0.2, 0.25) is 15.5 Å². The van der Waals surface area contributed by atoms with E-state index in [4.69, 9.17) is 113 Å². The number of hydrogen-bond donors (Lipinski definition) is 5. The summed E-state index contributed by atoms with van der Waals surface area (Å²) in [6, 6.07) is 31.6. The number of amides is 3. The molecule has 5 atom stereocenters. The molecule has 3 amide bonds. The Hall–Kier alpha value is -7.87. The van der Waals surface area contributed by atoms with Crippen LogP contribution in [-0.4, -0.2) is 159 Å². The van der Waals surface area contributed by atoms with Gasteiger partial charge in [-0.15, -0.1) is 34.8 Å². The highest BCUT2D eigenvalue weighted by Gasteiger charge is 2.40. The number of benzene rings is 3. The zero-order valence-electron chi connectivity index (χ0n) is 56.4. The molecule has 5 aliphatic heterocycles. The lowest BCUT2D eigenvalue weighted by atomic mass is 9.84. The van der Waals surface area contributed by atoms with E-state index in [9.17, 15) is 33.9 Å². The SMILES string of the molecule is CC1=C(C(=O)O)[C@H](c2ccc(Cl)nc2)CC(=O)N1C[C@H]1CCCO1.COC(=O)C1=C(C)N(C[C@H]2CCCO2)C(=O)C[C@H]1c1ccc(Cl)nc1.COC(=O)C1=C(C)NC(=O)C[C@H]1c1ccc(Cl)nc1.ClCCOc1ccc(CCl)cc1.OCc1ccc(O)cc1.OCc1ccc(OCCCl)cc1. The molecule has 5 aliphatic rings. The normalized spacial score (nSPS) is 18.5. The van der Waals surface area contributed by atoms with Crippen molar-refractivity contribution in [3.05, 3.63) is 210 Å². The van der Waals surface area contributed by atoms with E-state index in [2.05, 4.69) is 20.3 Å². The fourth-order valence-electron chi connectivity index (χ4n) is 11.3. The van der Waals surface area contributed by atoms with Crippen molar-refractivity contribution >= 4 is 105 Å². The van der Waals surface area contributed by atoms with Gasteiger partial charge in [-0.2, -0.15) is 0 Å². The van der Waals surface area contributed by atoms with Crippen LogP contribution in [0.4, 0.5) is 0 Å². The number of ether oxygens (including phenoxy) is 6. The first-order valence-corrected chi connectivity index (χ1v) is 34.9. The number of pyridine rings is 3. The number of esters is 2. The van der Waals surface area contributed by atoms with Crippen LogP contribution >= 0.6 is 69.6 Å². The summed E-state index contributed by atoms with van der Waals surface area (Å²) in [5.41, 5.74) is 7.80. The van der Waals surface area contributed by atoms with Crippen molar-refractivity contribution in [2.24, 2.45) is 0 Å². The lowest BCUT2D eigenvalue weighted by molar-refractivity contribution is -0.139. The Kier molecular flexibility index (Phi) is 34.6. The Balaban J connectivity index is 0.000000198. The maximum absolute atomic E-state index is 12.7. The van der Waals surface area contributed by atoms with Gasteiger partial charge in [0.15, 0.2) is 0 Å². The summed E-state index contributed by atoms with van der Waals surface area (Å²) >= 11 is 33.9. The number of carbonyl (C=O) groups is 6. The second-order valence-electron chi connectivity index (χ2n) is 23.1. The van der Waals surface area contributed by atoms with Gasteiger partial charge >= 0.3 is 17.9 Å². The fourth-order valence-corrected chi connectivity index (χ4v) is 12.0. The molecule has 0 aliphatic carbocycles. The molecule has 0 bridgehead atoms. The minimum atomic E-state index is -1.02. The van der Waals surface area contributed by atoms with Crippen molar-refractivity contribution in [1.29, 1.82) is 0 Å². The number of phenols is 1. The van der Waals surface area contributed by atoms with E-state index in [0.29, 0.717) is 99.8 Å². The van der Waals surface area contributed by atoms with Crippen molar-refractivity contribution in [2.45, 2.75) is 115 Å². The van der Waals surface area contributed by atoms with Gasteiger partial charge in [0.25, 0.3) is 0 Å². The Morgan fingerprint density at radius 3 is 1.29 bits per heavy atom. The van der Waals surface area contributed by atoms with Crippen molar-refractivity contribution in [1.82, 2.24) is 30.1 Å². The summed E-state index contributed by atoms with van der Waals surface area (Å²) in [4.78, 5) is 88.4. The summed E-state index contributed by atoms with van der Waals surface area (Å²) < 4.78 is 31.5. The number of nitrogens with one attached hydrogen (secondary N) is 1. The number of aromatic hydroxyl groups is 1. The average molecular weight is 1510 g/mol. The van der Waals surface area contributed by atoms with Gasteiger partial charge in [0.05, 0.1) is 81.2 Å². The van der Waals surface area contributed by atoms with E-state index in [0.717, 1.165) is 71.6 Å². The first-order valence-electron chi connectivity index (χ1n) is 32.2. The van der Waals surface area contributed by atoms with Crippen molar-refractivity contribution in [3.8, 4) is 17.2 Å². The topological polar surface area (TPSA) is 296 Å². The number of hydrogen-bond acceptors (Lipinski definition) is 18. The number of rotatable bonds is 19. The summed E-state index contributed by atoms with van der Waals surface area (Å²) in [5.74, 6) is -0.00776. The molecular weight excluding hydrogens is 1430 g/mol. The van der Waals surface area contributed by atoms with E-state index < -0.39 is 23.8 Å². The van der Waals surface area contributed by atoms with Crippen molar-refractivity contribution < 1.29 is 77.6 Å². The van der Waals surface area contributed by atoms with Crippen LogP contribution in [-0.2, 0) is 66.8 Å². The maximum atomic E-state index is 12.7. The molecule has 0 radical (unpaired) electrons. The third-order valence-electron chi connectivity index (χ3n) is 16.4. The molecular formula is C73H82Cl6N6O16. The second-order valence-corrected chi connectivity index (χ2v) is 25.3. The van der Waals surface area contributed by atoms with Crippen LogP contribution in [0.5, 0.6) is 17.2 Å². The predicted molar refractivity (Wildman–Crippen MR) is 384 cm³/mol. The molecule has 6 aromatic rings. The summed E-state index contributed by atoms with van der Waals surface area (Å²) in [7, 11) is 2.66. The maximum Gasteiger partial charge on any atom is 0.336 e. The number of aliphatic hydroxyl groups excluding tert-OH is 2. The number of nitrogens with zero attached hydrogens (tertiary/aromatic N) is 5. The van der Waals surface area contributed by atoms with Crippen LogP contribution in [0.25, 0.3) is 0 Å². The molecule has 28 heteroatoms. The van der Waals surface area contributed by atoms with Gasteiger partial charge in [0.2, 0.25) is 17.7 Å². The number of alkyl halides is 3. The Morgan fingerprint density at radius 2 is 0.931 bits per heavy atom. The molecule has 22 nitrogen and oxygen atoms in total. The number of phenolic OH excluding ortho intramolecular Hbond substituents is 1. The van der Waals surface area contributed by atoms with Gasteiger partial charge in [0, 0.05) is 91.8 Å². The number of halogens is 6. The molecule has 542 valence electrons. The van der Waals surface area contributed by atoms with E-state index in [-0.39, 0.29) is 85.6 Å². The highest BCUT2D eigenvalue weighted by Crippen LogP contribution is 2.40. The molecule has 0 unspecified atom stereocenters. The number of carboxylic acid groups (broad SMARTS) is 1. The van der Waals surface area contributed by atoms with E-state index in [1.54, 1.807) is 104 Å². The molecule has 2 fully saturated rings. The quantitative estimate of drug-likeness (QED) is 0.0286. The third-order valence-corrected chi connectivity index (χ3v) is 17.7. The van der Waals surface area contributed by atoms with Crippen LogP contribution in [0.15, 0.2) is 162 Å². The number of carbonyl (C=O) groups excluding carboxylic acids is 5. The highest BCUT2D eigenvalue weighted by atomic mass is 35.5. The highest BCUT2D eigenvalue weighted by molar-refractivity contribution is 6.30. The van der Waals surface area contributed by atoms with Crippen LogP contribution in [0.1, 0.15) is 117 Å². The number of methoxy groups -OCH3 is 2. The second kappa shape index (κ2) is 42.5. The Bertz CT molecular complexity index is 3710. The molecule has 8 heterocycles. The number of aromatic nitrogens is 3. The van der Waals surface area contributed by atoms with Gasteiger partial charge in [0.1, 0.15) is 45.9 Å². The van der Waals surface area contributed by atoms with Gasteiger partial charge in [-0.05, 0) is 134 Å². The summed E-state index contributed by atoms with van der Waals surface area (Å²) in [6.07, 6.45) is 8.98. The van der Waals surface area contributed by atoms with E-state index in [1.165, 1.54) is 20.4 Å². The smallest absolute Gasteiger partial charge is 0.336 e. The monoisotopic (exact) mass is 1510 g/mol. The third kappa shape index (κ3) is 25.3. The number of aliphatic hydroxyl groups is 2. The van der Waals surface area contributed by atoms with Crippen molar-refractivity contribution in [2.75, 3.05) is 65.5 Å². The van der Waals surface area contributed by atoms with Gasteiger partial charge in [-0.3, -0.25) is 14.4 Å². The standard InChI is InChI=1S/C18H21ClN2O4.C17H19ClN2O4.C13H13ClN2O3.C9H10Cl2O.C9H11ClO2.C7H8O2/c1-11-17(18(23)24-2)14(12-5-6-15(19)20-9-12)8-16(22)21(11)10-13-4-3-7-25-13;1-10-16(17(22)23)13(11-4-5-14(18)19-8-11)7-15(21)20(10)9-12-3-2-6-24-12;1-7-12(13(18)19-2)9(5-11(17)16-7)8-3-4-10(14)15-6-8;2*10-5-6-12-9-3-1-8(7-11)2-4-9;8-5-6-1-3-7(9)4-2-6/h5-6,9,13-14H,3-4,7-8,10H2,1-2H3;4-5,8,12-13H,2-3,6-7,9H2,1H3,(H,22,23);3-4,6,9H,5H2,1-2H3,(H,16,17);1-4H,5-7H2;1-4,11H,5-7H2;1-4,8-9H,5H2/t13-,14+;12-,13+;9-;;;/m110.../s1. The number of aliphatic carboxylic acids is 1. The van der Waals surface area contributed by atoms with Crippen molar-refractivity contribution in [3.63, 3.8) is 0 Å². The first kappa shape index (κ1) is 82.1. The molecule has 0 spiro atoms. The lowest BCUT2D eigenvalue weighted by Gasteiger charge is -2.35. The predicted octanol–water partition coefficient (Wildman–Crippen LogP) is 12.8. The molecule has 2 saturated heterocycles. The summed E-state index contributed by atoms with van der Waals surface area (Å²) in [5, 5.41) is 39.5. The minimum Gasteiger partial charge on any atom is -0.508 e. The first-order chi connectivity index (χ1) is 48.6. The van der Waals surface area contributed by atoms with Crippen LogP contribution < -0.4 is 14.8 Å². The van der Waals surface area contributed by atoms with Crippen LogP contribution in [0.3, 0.4) is 0 Å². The molecule has 5 N–H and O–H groups in total. The molecule has 11 rings (SSSR count). The van der Waals surface area contributed by atoms with Crippen LogP contribution in [0, 0.1) is 0 Å². The van der Waals surface area contributed by atoms with Gasteiger partial charge in [-0.1, -0.05) is 89.4 Å². The van der Waals surface area contributed by atoms with E-state index in [1.807, 2.05) is 48.5 Å². The zero-order chi connectivity index (χ0) is 73.5. The summed E-state index contributed by atoms with van der Waals surface area (Å²) in [6.45, 7) is 8.60. The number of allylic oxidation sites excluding steroid dienone is 3. The Labute approximate surface area is 617 Å². The largest absolute Gasteiger partial charge is 0.508 e.